The minimum atomic E-state index is -4.70. The van der Waals surface area contributed by atoms with Crippen LogP contribution in [0.15, 0.2) is 24.3 Å². The summed E-state index contributed by atoms with van der Waals surface area (Å²) in [5, 5.41) is 14.9. The van der Waals surface area contributed by atoms with Gasteiger partial charge in [-0.25, -0.2) is 0 Å². The van der Waals surface area contributed by atoms with Gasteiger partial charge in [0.05, 0.1) is 12.1 Å². The number of nitrogens with one attached hydrogen (secondary N) is 2. The van der Waals surface area contributed by atoms with Gasteiger partial charge in [-0.1, -0.05) is 12.1 Å². The van der Waals surface area contributed by atoms with Gasteiger partial charge in [0.15, 0.2) is 0 Å². The van der Waals surface area contributed by atoms with Crippen molar-refractivity contribution in [1.82, 2.24) is 10.6 Å². The number of carbonyl (C=O) groups is 1. The van der Waals surface area contributed by atoms with Gasteiger partial charge in [-0.2, -0.15) is 0 Å². The van der Waals surface area contributed by atoms with Gasteiger partial charge < -0.3 is 20.5 Å². The molecule has 0 saturated carbocycles. The monoisotopic (exact) mass is 318 g/mol. The molecule has 0 radical (unpaired) electrons. The highest BCUT2D eigenvalue weighted by Crippen LogP contribution is 2.22. The van der Waals surface area contributed by atoms with Gasteiger partial charge in [0, 0.05) is 13.1 Å². The summed E-state index contributed by atoms with van der Waals surface area (Å²) in [6.07, 6.45) is -4.33. The number of hydrogen-bond acceptors (Lipinski definition) is 4. The molecule has 3 N–H and O–H groups in total. The van der Waals surface area contributed by atoms with Crippen molar-refractivity contribution >= 4 is 5.91 Å². The Hall–Kier alpha value is -1.80. The molecule has 1 heterocycles. The fourth-order valence-corrected chi connectivity index (χ4v) is 2.23. The predicted molar refractivity (Wildman–Crippen MR) is 72.3 cm³/mol. The highest BCUT2D eigenvalue weighted by molar-refractivity contribution is 5.82. The summed E-state index contributed by atoms with van der Waals surface area (Å²) in [7, 11) is 0. The molecule has 5 nitrogen and oxygen atoms in total. The zero-order chi connectivity index (χ0) is 16.2. The number of β-amino-alcohol motifs (C(OH)–C–C–N with tert-alkyl or cyclic N) is 1. The topological polar surface area (TPSA) is 70.6 Å². The third-order valence-electron chi connectivity index (χ3n) is 3.29. The van der Waals surface area contributed by atoms with Crippen LogP contribution in [0.25, 0.3) is 0 Å². The molecular weight excluding hydrogens is 301 g/mol. The van der Waals surface area contributed by atoms with Crippen LogP contribution in [0, 0.1) is 0 Å². The summed E-state index contributed by atoms with van der Waals surface area (Å²) in [4.78, 5) is 11.8. The first kappa shape index (κ1) is 16.6. The maximum atomic E-state index is 12.0. The second-order valence-electron chi connectivity index (χ2n) is 5.08. The van der Waals surface area contributed by atoms with Gasteiger partial charge in [-0.3, -0.25) is 4.79 Å². The van der Waals surface area contributed by atoms with E-state index in [1.54, 1.807) is 0 Å². The van der Waals surface area contributed by atoms with E-state index in [0.29, 0.717) is 25.9 Å². The Morgan fingerprint density at radius 3 is 2.59 bits per heavy atom. The lowest BCUT2D eigenvalue weighted by Gasteiger charge is -2.11. The Bertz CT molecular complexity index is 505. The molecule has 1 aromatic rings. The van der Waals surface area contributed by atoms with Crippen molar-refractivity contribution in [3.63, 3.8) is 0 Å². The molecule has 8 heteroatoms. The number of halogens is 3. The Morgan fingerprint density at radius 2 is 2.05 bits per heavy atom. The number of ether oxygens (including phenoxy) is 1. The maximum absolute atomic E-state index is 12.0. The van der Waals surface area contributed by atoms with Gasteiger partial charge in [0.1, 0.15) is 5.75 Å². The molecule has 0 bridgehead atoms. The van der Waals surface area contributed by atoms with Crippen LogP contribution in [0.2, 0.25) is 0 Å². The minimum Gasteiger partial charge on any atom is -0.406 e. The third-order valence-corrected chi connectivity index (χ3v) is 3.29. The molecular formula is C14H17F3N2O3. The minimum absolute atomic E-state index is 0.187. The first-order chi connectivity index (χ1) is 10.3. The van der Waals surface area contributed by atoms with Crippen LogP contribution in [0.5, 0.6) is 5.75 Å². The van der Waals surface area contributed by atoms with E-state index in [9.17, 15) is 23.1 Å². The smallest absolute Gasteiger partial charge is 0.406 e. The molecule has 1 saturated heterocycles. The van der Waals surface area contributed by atoms with Gasteiger partial charge in [0.25, 0.3) is 0 Å². The van der Waals surface area contributed by atoms with E-state index >= 15 is 0 Å². The molecule has 0 aromatic heterocycles. The first-order valence-corrected chi connectivity index (χ1v) is 6.87. The van der Waals surface area contributed by atoms with Crippen LogP contribution in [0.3, 0.4) is 0 Å². The van der Waals surface area contributed by atoms with Gasteiger partial charge in [-0.05, 0) is 30.5 Å². The van der Waals surface area contributed by atoms with Gasteiger partial charge in [-0.15, -0.1) is 13.2 Å². The lowest BCUT2D eigenvalue weighted by atomic mass is 10.1. The zero-order valence-corrected chi connectivity index (χ0v) is 11.7. The molecule has 0 spiro atoms. The molecule has 2 atom stereocenters. The highest BCUT2D eigenvalue weighted by atomic mass is 19.4. The van der Waals surface area contributed by atoms with Crippen molar-refractivity contribution in [1.29, 1.82) is 0 Å². The SMILES string of the molecule is O=C(NCCc1ccc(OC(F)(F)F)cc1)[C@@H]1C[C@H](O)CN1. The number of rotatable bonds is 5. The van der Waals surface area contributed by atoms with E-state index in [-0.39, 0.29) is 11.7 Å². The average Bonchev–Trinajstić information content (AvgIpc) is 2.86. The van der Waals surface area contributed by atoms with Crippen molar-refractivity contribution < 1.29 is 27.8 Å². The van der Waals surface area contributed by atoms with E-state index in [0.717, 1.165) is 5.56 Å². The van der Waals surface area contributed by atoms with Crippen LogP contribution in [-0.4, -0.2) is 42.6 Å². The average molecular weight is 318 g/mol. The van der Waals surface area contributed by atoms with Crippen molar-refractivity contribution in [3.05, 3.63) is 29.8 Å². The summed E-state index contributed by atoms with van der Waals surface area (Å²) < 4.78 is 39.8. The quantitative estimate of drug-likeness (QED) is 0.756. The molecule has 122 valence electrons. The maximum Gasteiger partial charge on any atom is 0.573 e. The molecule has 1 fully saturated rings. The molecule has 1 aromatic carbocycles. The second-order valence-corrected chi connectivity index (χ2v) is 5.08. The number of carbonyl (C=O) groups excluding carboxylic acids is 1. The normalized spacial score (nSPS) is 21.6. The largest absolute Gasteiger partial charge is 0.573 e. The summed E-state index contributed by atoms with van der Waals surface area (Å²) >= 11 is 0. The standard InChI is InChI=1S/C14H17F3N2O3/c15-14(16,17)22-11-3-1-9(2-4-11)5-6-18-13(21)12-7-10(20)8-19-12/h1-4,10,12,19-20H,5-8H2,(H,18,21)/t10-,12-/m0/s1. The summed E-state index contributed by atoms with van der Waals surface area (Å²) in [6, 6.07) is 5.12. The van der Waals surface area contributed by atoms with Crippen molar-refractivity contribution in [3.8, 4) is 5.75 Å². The molecule has 0 unspecified atom stereocenters. The van der Waals surface area contributed by atoms with Crippen LogP contribution in [0.1, 0.15) is 12.0 Å². The number of amides is 1. The van der Waals surface area contributed by atoms with E-state index in [1.165, 1.54) is 24.3 Å². The molecule has 2 rings (SSSR count). The van der Waals surface area contributed by atoms with Crippen LogP contribution in [0.4, 0.5) is 13.2 Å². The van der Waals surface area contributed by atoms with Crippen molar-refractivity contribution in [2.24, 2.45) is 0 Å². The van der Waals surface area contributed by atoms with Crippen molar-refractivity contribution in [2.75, 3.05) is 13.1 Å². The zero-order valence-electron chi connectivity index (χ0n) is 11.7. The Kier molecular flexibility index (Phi) is 5.25. The van der Waals surface area contributed by atoms with E-state index in [4.69, 9.17) is 0 Å². The van der Waals surface area contributed by atoms with E-state index in [2.05, 4.69) is 15.4 Å². The Balaban J connectivity index is 1.74. The number of aliphatic hydroxyl groups excluding tert-OH is 1. The van der Waals surface area contributed by atoms with E-state index < -0.39 is 18.5 Å². The van der Waals surface area contributed by atoms with Crippen LogP contribution >= 0.6 is 0 Å². The Labute approximate surface area is 125 Å². The molecule has 1 aliphatic heterocycles. The second kappa shape index (κ2) is 6.97. The number of aliphatic hydroxyl groups is 1. The van der Waals surface area contributed by atoms with Crippen molar-refractivity contribution in [2.45, 2.75) is 31.3 Å². The first-order valence-electron chi connectivity index (χ1n) is 6.87. The highest BCUT2D eigenvalue weighted by Gasteiger charge is 2.31. The number of benzene rings is 1. The fraction of sp³-hybridized carbons (Fsp3) is 0.500. The molecule has 1 aliphatic rings. The molecule has 22 heavy (non-hydrogen) atoms. The van der Waals surface area contributed by atoms with Gasteiger partial charge >= 0.3 is 6.36 Å². The Morgan fingerprint density at radius 1 is 1.36 bits per heavy atom. The van der Waals surface area contributed by atoms with Crippen LogP contribution < -0.4 is 15.4 Å². The summed E-state index contributed by atoms with van der Waals surface area (Å²) in [5.41, 5.74) is 0.786. The predicted octanol–water partition coefficient (Wildman–Crippen LogP) is 0.967. The van der Waals surface area contributed by atoms with E-state index in [1.807, 2.05) is 0 Å². The van der Waals surface area contributed by atoms with Gasteiger partial charge in [0.2, 0.25) is 5.91 Å². The number of hydrogen-bond donors (Lipinski definition) is 3. The number of alkyl halides is 3. The molecule has 1 amide bonds. The lowest BCUT2D eigenvalue weighted by Crippen LogP contribution is -2.41. The van der Waals surface area contributed by atoms with Crippen LogP contribution in [-0.2, 0) is 11.2 Å². The lowest BCUT2D eigenvalue weighted by molar-refractivity contribution is -0.274. The summed E-state index contributed by atoms with van der Waals surface area (Å²) in [5.74, 6) is -0.460. The summed E-state index contributed by atoms with van der Waals surface area (Å²) in [6.45, 7) is 0.769. The molecule has 0 aliphatic carbocycles. The third kappa shape index (κ3) is 5.19. The fourth-order valence-electron chi connectivity index (χ4n) is 2.23.